The van der Waals surface area contributed by atoms with Gasteiger partial charge >= 0.3 is 5.97 Å². The van der Waals surface area contributed by atoms with Crippen LogP contribution in [0, 0.1) is 11.6 Å². The van der Waals surface area contributed by atoms with Crippen LogP contribution in [0.25, 0.3) is 11.3 Å². The van der Waals surface area contributed by atoms with Crippen LogP contribution in [-0.2, 0) is 0 Å². The maximum Gasteiger partial charge on any atom is 0.339 e. The second kappa shape index (κ2) is 5.01. The molecule has 0 bridgehead atoms. The van der Waals surface area contributed by atoms with Crippen molar-refractivity contribution in [3.05, 3.63) is 47.5 Å². The van der Waals surface area contributed by atoms with Crippen molar-refractivity contribution in [2.75, 3.05) is 12.4 Å². The number of aromatic nitrogens is 1. The smallest absolute Gasteiger partial charge is 0.339 e. The molecule has 4 nitrogen and oxygen atoms in total. The van der Waals surface area contributed by atoms with Crippen molar-refractivity contribution in [3.63, 3.8) is 0 Å². The molecule has 2 N–H and O–H groups in total. The summed E-state index contributed by atoms with van der Waals surface area (Å²) in [6, 6.07) is 5.64. The van der Waals surface area contributed by atoms with Gasteiger partial charge in [0.25, 0.3) is 0 Å². The Balaban J connectivity index is 2.57. The number of pyridine rings is 1. The fraction of sp³-hybridized carbons (Fsp3) is 0.0769. The molecule has 0 aliphatic carbocycles. The summed E-state index contributed by atoms with van der Waals surface area (Å²) in [6.45, 7) is 0. The minimum atomic E-state index is -1.15. The summed E-state index contributed by atoms with van der Waals surface area (Å²) in [4.78, 5) is 14.9. The largest absolute Gasteiger partial charge is 0.478 e. The van der Waals surface area contributed by atoms with Crippen molar-refractivity contribution < 1.29 is 18.7 Å². The van der Waals surface area contributed by atoms with E-state index in [9.17, 15) is 13.6 Å². The summed E-state index contributed by atoms with van der Waals surface area (Å²) in [5, 5.41) is 11.6. The van der Waals surface area contributed by atoms with Crippen molar-refractivity contribution in [3.8, 4) is 11.3 Å². The first-order valence-corrected chi connectivity index (χ1v) is 5.40. The minimum Gasteiger partial charge on any atom is -0.478 e. The molecule has 2 rings (SSSR count). The summed E-state index contributed by atoms with van der Waals surface area (Å²) < 4.78 is 26.7. The Hall–Kier alpha value is -2.50. The predicted molar refractivity (Wildman–Crippen MR) is 66.1 cm³/mol. The Morgan fingerprint density at radius 3 is 2.63 bits per heavy atom. The monoisotopic (exact) mass is 264 g/mol. The van der Waals surface area contributed by atoms with E-state index in [0.29, 0.717) is 0 Å². The zero-order chi connectivity index (χ0) is 14.0. The van der Waals surface area contributed by atoms with E-state index in [2.05, 4.69) is 10.3 Å². The number of nitrogens with one attached hydrogen (secondary N) is 1. The SMILES string of the molecule is CNc1nc(-c2cc(F)ccc2F)ccc1C(=O)O. The van der Waals surface area contributed by atoms with Crippen LogP contribution >= 0.6 is 0 Å². The zero-order valence-corrected chi connectivity index (χ0v) is 9.95. The summed E-state index contributed by atoms with van der Waals surface area (Å²) in [7, 11) is 1.50. The molecule has 0 fully saturated rings. The number of carbonyl (C=O) groups is 1. The quantitative estimate of drug-likeness (QED) is 0.894. The Bertz CT molecular complexity index is 645. The zero-order valence-electron chi connectivity index (χ0n) is 9.95. The number of nitrogens with zero attached hydrogens (tertiary/aromatic N) is 1. The minimum absolute atomic E-state index is 0.0200. The normalized spacial score (nSPS) is 10.3. The molecule has 0 radical (unpaired) electrons. The third-order valence-corrected chi connectivity index (χ3v) is 2.57. The average molecular weight is 264 g/mol. The number of halogens is 2. The van der Waals surface area contributed by atoms with E-state index in [-0.39, 0.29) is 22.6 Å². The van der Waals surface area contributed by atoms with Gasteiger partial charge in [-0.15, -0.1) is 0 Å². The van der Waals surface area contributed by atoms with Gasteiger partial charge in [0, 0.05) is 12.6 Å². The van der Waals surface area contributed by atoms with Crippen LogP contribution < -0.4 is 5.32 Å². The molecular weight excluding hydrogens is 254 g/mol. The molecule has 98 valence electrons. The van der Waals surface area contributed by atoms with Gasteiger partial charge in [-0.1, -0.05) is 0 Å². The molecule has 19 heavy (non-hydrogen) atoms. The van der Waals surface area contributed by atoms with Crippen molar-refractivity contribution in [1.29, 1.82) is 0 Å². The lowest BCUT2D eigenvalue weighted by atomic mass is 10.1. The molecule has 6 heteroatoms. The molecule has 1 aromatic carbocycles. The number of carboxylic acid groups (broad SMARTS) is 1. The van der Waals surface area contributed by atoms with Crippen LogP contribution in [0.3, 0.4) is 0 Å². The predicted octanol–water partition coefficient (Wildman–Crippen LogP) is 2.77. The summed E-state index contributed by atoms with van der Waals surface area (Å²) in [5.41, 5.74) is 0.0999. The molecule has 0 amide bonds. The highest BCUT2D eigenvalue weighted by Gasteiger charge is 2.14. The van der Waals surface area contributed by atoms with Crippen LogP contribution in [0.2, 0.25) is 0 Å². The summed E-state index contributed by atoms with van der Waals surface area (Å²) >= 11 is 0. The molecule has 1 aromatic heterocycles. The third-order valence-electron chi connectivity index (χ3n) is 2.57. The van der Waals surface area contributed by atoms with Gasteiger partial charge in [-0.25, -0.2) is 18.6 Å². The lowest BCUT2D eigenvalue weighted by molar-refractivity contribution is 0.0697. The first kappa shape index (κ1) is 12.9. The Kier molecular flexibility index (Phi) is 3.41. The van der Waals surface area contributed by atoms with Crippen molar-refractivity contribution in [2.45, 2.75) is 0 Å². The highest BCUT2D eigenvalue weighted by Crippen LogP contribution is 2.25. The Labute approximate surface area is 107 Å². The molecule has 0 saturated carbocycles. The summed E-state index contributed by atoms with van der Waals surface area (Å²) in [6.07, 6.45) is 0. The van der Waals surface area contributed by atoms with Gasteiger partial charge in [0.05, 0.1) is 5.69 Å². The average Bonchev–Trinajstić information content (AvgIpc) is 2.40. The van der Waals surface area contributed by atoms with Gasteiger partial charge in [0.2, 0.25) is 0 Å². The highest BCUT2D eigenvalue weighted by atomic mass is 19.1. The van der Waals surface area contributed by atoms with E-state index < -0.39 is 17.6 Å². The van der Waals surface area contributed by atoms with Gasteiger partial charge < -0.3 is 10.4 Å². The van der Waals surface area contributed by atoms with Crippen molar-refractivity contribution in [2.24, 2.45) is 0 Å². The maximum absolute atomic E-state index is 13.6. The van der Waals surface area contributed by atoms with Gasteiger partial charge in [0.1, 0.15) is 23.0 Å². The molecule has 0 atom stereocenters. The van der Waals surface area contributed by atoms with E-state index in [4.69, 9.17) is 5.11 Å². The van der Waals surface area contributed by atoms with Crippen LogP contribution in [0.4, 0.5) is 14.6 Å². The number of benzene rings is 1. The highest BCUT2D eigenvalue weighted by molar-refractivity contribution is 5.93. The number of aromatic carboxylic acids is 1. The first-order valence-electron chi connectivity index (χ1n) is 5.40. The fourth-order valence-corrected chi connectivity index (χ4v) is 1.67. The van der Waals surface area contributed by atoms with Crippen LogP contribution in [0.15, 0.2) is 30.3 Å². The van der Waals surface area contributed by atoms with Gasteiger partial charge in [0.15, 0.2) is 0 Å². The molecule has 0 spiro atoms. The van der Waals surface area contributed by atoms with Gasteiger partial charge in [-0.05, 0) is 30.3 Å². The lowest BCUT2D eigenvalue weighted by Crippen LogP contribution is -2.05. The molecule has 0 aliphatic heterocycles. The van der Waals surface area contributed by atoms with Crippen LogP contribution in [-0.4, -0.2) is 23.1 Å². The van der Waals surface area contributed by atoms with E-state index in [1.165, 1.54) is 19.2 Å². The van der Waals surface area contributed by atoms with E-state index in [0.717, 1.165) is 18.2 Å². The molecular formula is C13H10F2N2O2. The second-order valence-electron chi connectivity index (χ2n) is 3.77. The number of hydrogen-bond donors (Lipinski definition) is 2. The summed E-state index contributed by atoms with van der Waals surface area (Å²) in [5.74, 6) is -2.28. The maximum atomic E-state index is 13.6. The first-order chi connectivity index (χ1) is 9.02. The molecule has 0 unspecified atom stereocenters. The number of hydrogen-bond acceptors (Lipinski definition) is 3. The number of rotatable bonds is 3. The molecule has 2 aromatic rings. The fourth-order valence-electron chi connectivity index (χ4n) is 1.67. The van der Waals surface area contributed by atoms with Crippen LogP contribution in [0.5, 0.6) is 0 Å². The van der Waals surface area contributed by atoms with Crippen LogP contribution in [0.1, 0.15) is 10.4 Å². The van der Waals surface area contributed by atoms with Crippen molar-refractivity contribution in [1.82, 2.24) is 4.98 Å². The third kappa shape index (κ3) is 2.52. The van der Waals surface area contributed by atoms with Crippen molar-refractivity contribution >= 4 is 11.8 Å². The second-order valence-corrected chi connectivity index (χ2v) is 3.77. The van der Waals surface area contributed by atoms with E-state index in [1.807, 2.05) is 0 Å². The molecule has 0 aliphatic rings. The topological polar surface area (TPSA) is 62.2 Å². The Morgan fingerprint density at radius 2 is 2.00 bits per heavy atom. The van der Waals surface area contributed by atoms with E-state index in [1.54, 1.807) is 0 Å². The van der Waals surface area contributed by atoms with Gasteiger partial charge in [-0.2, -0.15) is 0 Å². The Morgan fingerprint density at radius 1 is 1.26 bits per heavy atom. The van der Waals surface area contributed by atoms with Gasteiger partial charge in [-0.3, -0.25) is 0 Å². The molecule has 1 heterocycles. The standard InChI is InChI=1S/C13H10F2N2O2/c1-16-12-8(13(18)19)3-5-11(17-12)9-6-7(14)2-4-10(9)15/h2-6H,1H3,(H,16,17)(H,18,19). The van der Waals surface area contributed by atoms with E-state index >= 15 is 0 Å². The number of carboxylic acids is 1. The molecule has 0 saturated heterocycles. The lowest BCUT2D eigenvalue weighted by Gasteiger charge is -2.08. The number of anilines is 1.